The van der Waals surface area contributed by atoms with E-state index in [4.69, 9.17) is 0 Å². The van der Waals surface area contributed by atoms with Crippen molar-refractivity contribution in [1.29, 1.82) is 0 Å². The Hall–Kier alpha value is -2.42. The van der Waals surface area contributed by atoms with E-state index in [2.05, 4.69) is 34.8 Å². The highest BCUT2D eigenvalue weighted by Gasteiger charge is 2.60. The smallest absolute Gasteiger partial charge is 0.244 e. The third-order valence-corrected chi connectivity index (χ3v) is 5.36. The maximum atomic E-state index is 12.7. The van der Waals surface area contributed by atoms with Crippen molar-refractivity contribution in [3.63, 3.8) is 0 Å². The molecule has 0 unspecified atom stereocenters. The SMILES string of the molecule is O=C(NN=C1CCCC1)[C@H]1CC1(c1ccccc1)c1ccccc1. The van der Waals surface area contributed by atoms with Crippen LogP contribution in [0.4, 0.5) is 0 Å². The van der Waals surface area contributed by atoms with Crippen molar-refractivity contribution in [3.8, 4) is 0 Å². The van der Waals surface area contributed by atoms with Crippen LogP contribution in [0, 0.1) is 5.92 Å². The molecule has 2 aromatic carbocycles. The second-order valence-electron chi connectivity index (χ2n) is 6.82. The highest BCUT2D eigenvalue weighted by Crippen LogP contribution is 2.58. The van der Waals surface area contributed by atoms with Crippen molar-refractivity contribution >= 4 is 11.6 Å². The van der Waals surface area contributed by atoms with Crippen molar-refractivity contribution in [2.24, 2.45) is 11.0 Å². The van der Waals surface area contributed by atoms with Crippen molar-refractivity contribution in [1.82, 2.24) is 5.43 Å². The second-order valence-corrected chi connectivity index (χ2v) is 6.82. The molecule has 3 heteroatoms. The summed E-state index contributed by atoms with van der Waals surface area (Å²) in [6, 6.07) is 20.7. The number of rotatable bonds is 4. The molecule has 2 aliphatic carbocycles. The van der Waals surface area contributed by atoms with Crippen LogP contribution in [0.3, 0.4) is 0 Å². The zero-order valence-corrected chi connectivity index (χ0v) is 13.7. The Morgan fingerprint density at radius 2 is 1.46 bits per heavy atom. The summed E-state index contributed by atoms with van der Waals surface area (Å²) >= 11 is 0. The molecule has 24 heavy (non-hydrogen) atoms. The zero-order valence-electron chi connectivity index (χ0n) is 13.7. The largest absolute Gasteiger partial charge is 0.273 e. The van der Waals surface area contributed by atoms with Crippen LogP contribution < -0.4 is 5.43 Å². The molecule has 1 N–H and O–H groups in total. The van der Waals surface area contributed by atoms with E-state index in [1.54, 1.807) is 0 Å². The fourth-order valence-corrected chi connectivity index (χ4v) is 3.96. The molecule has 2 saturated carbocycles. The predicted octanol–water partition coefficient (Wildman–Crippen LogP) is 4.04. The van der Waals surface area contributed by atoms with Crippen LogP contribution in [-0.4, -0.2) is 11.6 Å². The van der Waals surface area contributed by atoms with Crippen LogP contribution in [0.15, 0.2) is 65.8 Å². The van der Waals surface area contributed by atoms with Gasteiger partial charge in [0.05, 0.1) is 5.92 Å². The molecule has 0 bridgehead atoms. The van der Waals surface area contributed by atoms with Gasteiger partial charge in [0.15, 0.2) is 0 Å². The lowest BCUT2D eigenvalue weighted by Crippen LogP contribution is -2.26. The number of hydrogen-bond acceptors (Lipinski definition) is 2. The molecule has 0 heterocycles. The summed E-state index contributed by atoms with van der Waals surface area (Å²) in [4.78, 5) is 12.7. The van der Waals surface area contributed by atoms with Crippen LogP contribution in [-0.2, 0) is 10.2 Å². The highest BCUT2D eigenvalue weighted by molar-refractivity contribution is 5.90. The molecule has 0 spiro atoms. The predicted molar refractivity (Wildman–Crippen MR) is 95.8 cm³/mol. The molecular weight excluding hydrogens is 296 g/mol. The van der Waals surface area contributed by atoms with E-state index >= 15 is 0 Å². The third kappa shape index (κ3) is 2.64. The topological polar surface area (TPSA) is 41.5 Å². The van der Waals surface area contributed by atoms with E-state index in [9.17, 15) is 4.79 Å². The van der Waals surface area contributed by atoms with Gasteiger partial charge in [0.2, 0.25) is 5.91 Å². The minimum Gasteiger partial charge on any atom is -0.273 e. The van der Waals surface area contributed by atoms with Crippen LogP contribution >= 0.6 is 0 Å². The third-order valence-electron chi connectivity index (χ3n) is 5.36. The van der Waals surface area contributed by atoms with E-state index in [1.807, 2.05) is 36.4 Å². The number of hydrogen-bond donors (Lipinski definition) is 1. The summed E-state index contributed by atoms with van der Waals surface area (Å²) in [5.74, 6) is -0.00448. The van der Waals surface area contributed by atoms with Gasteiger partial charge >= 0.3 is 0 Å². The maximum absolute atomic E-state index is 12.7. The Morgan fingerprint density at radius 3 is 2.00 bits per heavy atom. The van der Waals surface area contributed by atoms with E-state index in [-0.39, 0.29) is 17.2 Å². The lowest BCUT2D eigenvalue weighted by molar-refractivity contribution is -0.122. The minimum atomic E-state index is -0.206. The molecule has 1 amide bonds. The standard InChI is InChI=1S/C21H22N2O/c24-20(23-22-18-13-7-8-14-18)19-15-21(19,16-9-3-1-4-10-16)17-11-5-2-6-12-17/h1-6,9-12,19H,7-8,13-15H2,(H,23,24)/t19-/m1/s1. The molecule has 2 aromatic rings. The number of carbonyl (C=O) groups excluding carboxylic acids is 1. The molecule has 3 nitrogen and oxygen atoms in total. The molecular formula is C21H22N2O. The molecule has 0 aliphatic heterocycles. The van der Waals surface area contributed by atoms with Crippen molar-refractivity contribution < 1.29 is 4.79 Å². The number of hydrazone groups is 1. The second kappa shape index (κ2) is 6.23. The molecule has 1 atom stereocenters. The van der Waals surface area contributed by atoms with Gasteiger partial charge in [-0.3, -0.25) is 4.79 Å². The Balaban J connectivity index is 1.60. The Morgan fingerprint density at radius 1 is 0.917 bits per heavy atom. The summed E-state index contributed by atoms with van der Waals surface area (Å²) in [5.41, 5.74) is 6.18. The number of nitrogens with one attached hydrogen (secondary N) is 1. The Labute approximate surface area is 142 Å². The summed E-state index contributed by atoms with van der Waals surface area (Å²) in [5, 5.41) is 4.35. The van der Waals surface area contributed by atoms with Crippen LogP contribution in [0.25, 0.3) is 0 Å². The number of amides is 1. The molecule has 0 saturated heterocycles. The summed E-state index contributed by atoms with van der Waals surface area (Å²) < 4.78 is 0. The first-order valence-electron chi connectivity index (χ1n) is 8.77. The van der Waals surface area contributed by atoms with Gasteiger partial charge in [0, 0.05) is 11.1 Å². The fraction of sp³-hybridized carbons (Fsp3) is 0.333. The lowest BCUT2D eigenvalue weighted by Gasteiger charge is -2.18. The maximum Gasteiger partial charge on any atom is 0.244 e. The first-order chi connectivity index (χ1) is 11.8. The van der Waals surface area contributed by atoms with Crippen molar-refractivity contribution in [3.05, 3.63) is 71.8 Å². The van der Waals surface area contributed by atoms with E-state index in [1.165, 1.54) is 24.0 Å². The summed E-state index contributed by atoms with van der Waals surface area (Å²) in [6.45, 7) is 0. The fourth-order valence-electron chi connectivity index (χ4n) is 3.96. The van der Waals surface area contributed by atoms with E-state index in [0.29, 0.717) is 0 Å². The van der Waals surface area contributed by atoms with Gasteiger partial charge in [0.25, 0.3) is 0 Å². The Kier molecular flexibility index (Phi) is 3.93. The average Bonchev–Trinajstić information content (AvgIpc) is 3.20. The number of benzene rings is 2. The summed E-state index contributed by atoms with van der Waals surface area (Å²) in [7, 11) is 0. The van der Waals surface area contributed by atoms with Crippen molar-refractivity contribution in [2.45, 2.75) is 37.5 Å². The van der Waals surface area contributed by atoms with Gasteiger partial charge < -0.3 is 0 Å². The van der Waals surface area contributed by atoms with E-state index in [0.717, 1.165) is 25.0 Å². The minimum absolute atomic E-state index is 0.0436. The van der Waals surface area contributed by atoms with Gasteiger partial charge in [-0.15, -0.1) is 0 Å². The van der Waals surface area contributed by atoms with Gasteiger partial charge in [-0.1, -0.05) is 60.7 Å². The summed E-state index contributed by atoms with van der Waals surface area (Å²) in [6.07, 6.45) is 5.27. The molecule has 2 fully saturated rings. The Bertz CT molecular complexity index is 704. The van der Waals surface area contributed by atoms with Gasteiger partial charge in [-0.05, 0) is 43.2 Å². The quantitative estimate of drug-likeness (QED) is 0.849. The molecule has 0 aromatic heterocycles. The molecule has 122 valence electrons. The molecule has 2 aliphatic rings. The number of nitrogens with zero attached hydrogens (tertiary/aromatic N) is 1. The van der Waals surface area contributed by atoms with Crippen LogP contribution in [0.5, 0.6) is 0 Å². The lowest BCUT2D eigenvalue weighted by atomic mass is 9.85. The average molecular weight is 318 g/mol. The first-order valence-corrected chi connectivity index (χ1v) is 8.77. The first kappa shape index (κ1) is 15.1. The zero-order chi connectivity index (χ0) is 16.4. The molecule has 4 rings (SSSR count). The van der Waals surface area contributed by atoms with Crippen molar-refractivity contribution in [2.75, 3.05) is 0 Å². The van der Waals surface area contributed by atoms with E-state index < -0.39 is 0 Å². The number of carbonyl (C=O) groups is 1. The molecule has 0 radical (unpaired) electrons. The van der Waals surface area contributed by atoms with Crippen LogP contribution in [0.2, 0.25) is 0 Å². The van der Waals surface area contributed by atoms with Gasteiger partial charge in [-0.2, -0.15) is 5.10 Å². The van der Waals surface area contributed by atoms with Gasteiger partial charge in [-0.25, -0.2) is 5.43 Å². The normalized spacial score (nSPS) is 21.3. The monoisotopic (exact) mass is 318 g/mol. The van der Waals surface area contributed by atoms with Gasteiger partial charge in [0.1, 0.15) is 0 Å². The van der Waals surface area contributed by atoms with Crippen LogP contribution in [0.1, 0.15) is 43.2 Å². The highest BCUT2D eigenvalue weighted by atomic mass is 16.2.